The lowest BCUT2D eigenvalue weighted by molar-refractivity contribution is -0.142. The first-order chi connectivity index (χ1) is 11.6. The van der Waals surface area contributed by atoms with Gasteiger partial charge in [0.1, 0.15) is 18.4 Å². The molecule has 0 bridgehead atoms. The van der Waals surface area contributed by atoms with Gasteiger partial charge in [0, 0.05) is 35.1 Å². The lowest BCUT2D eigenvalue weighted by Gasteiger charge is -2.22. The zero-order valence-corrected chi connectivity index (χ0v) is 13.9. The van der Waals surface area contributed by atoms with E-state index < -0.39 is 12.0 Å². The molecule has 1 N–H and O–H groups in total. The molecule has 2 heterocycles. The number of likely N-dealkylation sites (tertiary alicyclic amines) is 1. The van der Waals surface area contributed by atoms with Crippen LogP contribution in [0, 0.1) is 0 Å². The number of benzene rings is 1. The van der Waals surface area contributed by atoms with Gasteiger partial charge >= 0.3 is 5.97 Å². The average Bonchev–Trinajstić information content (AvgIpc) is 3.03. The molecule has 1 atom stereocenters. The van der Waals surface area contributed by atoms with Gasteiger partial charge in [-0.05, 0) is 43.7 Å². The van der Waals surface area contributed by atoms with Crippen LogP contribution in [0.25, 0.3) is 0 Å². The van der Waals surface area contributed by atoms with Crippen molar-refractivity contribution in [1.82, 2.24) is 9.88 Å². The summed E-state index contributed by atoms with van der Waals surface area (Å²) in [5.41, 5.74) is 1.88. The first kappa shape index (κ1) is 16.7. The number of carboxylic acid groups (broad SMARTS) is 1. The van der Waals surface area contributed by atoms with Gasteiger partial charge in [-0.3, -0.25) is 14.7 Å². The summed E-state index contributed by atoms with van der Waals surface area (Å²) in [7, 11) is 0. The number of hydrogen-bond acceptors (Lipinski definition) is 4. The molecule has 1 aromatic carbocycles. The van der Waals surface area contributed by atoms with Crippen molar-refractivity contribution in [2.45, 2.75) is 32.0 Å². The fraction of sp³-hybridized carbons (Fsp3) is 0.333. The number of rotatable bonds is 6. The van der Waals surface area contributed by atoms with E-state index in [1.807, 2.05) is 29.2 Å². The van der Waals surface area contributed by atoms with Gasteiger partial charge in [-0.15, -0.1) is 0 Å². The maximum atomic E-state index is 11.4. The highest BCUT2D eigenvalue weighted by Crippen LogP contribution is 2.28. The van der Waals surface area contributed by atoms with Gasteiger partial charge in [-0.1, -0.05) is 17.7 Å². The highest BCUT2D eigenvalue weighted by Gasteiger charge is 2.30. The number of aliphatic carboxylic acids is 1. The van der Waals surface area contributed by atoms with Crippen LogP contribution in [0.1, 0.15) is 24.0 Å². The molecule has 0 radical (unpaired) electrons. The van der Waals surface area contributed by atoms with Crippen molar-refractivity contribution in [3.05, 3.63) is 58.9 Å². The summed E-state index contributed by atoms with van der Waals surface area (Å²) in [4.78, 5) is 17.4. The van der Waals surface area contributed by atoms with Crippen molar-refractivity contribution < 1.29 is 14.6 Å². The van der Waals surface area contributed by atoms with Crippen LogP contribution < -0.4 is 4.74 Å². The quantitative estimate of drug-likeness (QED) is 0.869. The Balaban J connectivity index is 1.74. The molecule has 24 heavy (non-hydrogen) atoms. The summed E-state index contributed by atoms with van der Waals surface area (Å²) in [6, 6.07) is 8.84. The number of hydrogen-bond donors (Lipinski definition) is 1. The van der Waals surface area contributed by atoms with E-state index in [9.17, 15) is 9.90 Å². The largest absolute Gasteiger partial charge is 0.489 e. The van der Waals surface area contributed by atoms with Gasteiger partial charge in [-0.2, -0.15) is 0 Å². The van der Waals surface area contributed by atoms with E-state index in [-0.39, 0.29) is 0 Å². The second-order valence-corrected chi connectivity index (χ2v) is 6.31. The van der Waals surface area contributed by atoms with Crippen LogP contribution >= 0.6 is 11.6 Å². The molecule has 0 amide bonds. The van der Waals surface area contributed by atoms with E-state index in [1.165, 1.54) is 0 Å². The lowest BCUT2D eigenvalue weighted by atomic mass is 10.1. The first-order valence-electron chi connectivity index (χ1n) is 7.90. The Morgan fingerprint density at radius 3 is 3.04 bits per heavy atom. The van der Waals surface area contributed by atoms with E-state index in [1.54, 1.807) is 18.5 Å². The standard InChI is InChI=1S/C18H19ClN2O3/c19-15-5-6-17(24-12-13-3-1-7-20-10-13)14(9-15)11-21-8-2-4-16(21)18(22)23/h1,3,5-7,9-10,16H,2,4,8,11-12H2,(H,22,23)/t16-/m1/s1. The Bertz CT molecular complexity index is 709. The number of halogens is 1. The molecule has 1 aliphatic heterocycles. The molecular formula is C18H19ClN2O3. The van der Waals surface area contributed by atoms with Gasteiger partial charge < -0.3 is 9.84 Å². The van der Waals surface area contributed by atoms with Crippen LogP contribution in [0.5, 0.6) is 5.75 Å². The Morgan fingerprint density at radius 2 is 2.29 bits per heavy atom. The number of pyridine rings is 1. The van der Waals surface area contributed by atoms with Crippen molar-refractivity contribution in [2.24, 2.45) is 0 Å². The molecule has 1 saturated heterocycles. The van der Waals surface area contributed by atoms with Crippen LogP contribution in [-0.2, 0) is 17.9 Å². The first-order valence-corrected chi connectivity index (χ1v) is 8.28. The molecule has 0 spiro atoms. The number of aromatic nitrogens is 1. The summed E-state index contributed by atoms with van der Waals surface area (Å²) in [6.07, 6.45) is 5.05. The van der Waals surface area contributed by atoms with Gasteiger partial charge in [0.25, 0.3) is 0 Å². The number of nitrogens with zero attached hydrogens (tertiary/aromatic N) is 2. The molecule has 0 aliphatic carbocycles. The maximum absolute atomic E-state index is 11.4. The fourth-order valence-corrected chi connectivity index (χ4v) is 3.17. The minimum atomic E-state index is -0.771. The monoisotopic (exact) mass is 346 g/mol. The smallest absolute Gasteiger partial charge is 0.320 e. The van der Waals surface area contributed by atoms with E-state index in [0.29, 0.717) is 24.6 Å². The predicted molar refractivity (Wildman–Crippen MR) is 91.1 cm³/mol. The maximum Gasteiger partial charge on any atom is 0.320 e. The molecule has 3 rings (SSSR count). The molecule has 126 valence electrons. The van der Waals surface area contributed by atoms with Crippen molar-refractivity contribution in [1.29, 1.82) is 0 Å². The minimum absolute atomic E-state index is 0.408. The molecule has 6 heteroatoms. The topological polar surface area (TPSA) is 62.7 Å². The molecular weight excluding hydrogens is 328 g/mol. The molecule has 5 nitrogen and oxygen atoms in total. The third-order valence-corrected chi connectivity index (χ3v) is 4.40. The number of ether oxygens (including phenoxy) is 1. The Morgan fingerprint density at radius 1 is 1.42 bits per heavy atom. The van der Waals surface area contributed by atoms with Crippen molar-refractivity contribution >= 4 is 17.6 Å². The fourth-order valence-electron chi connectivity index (χ4n) is 2.97. The van der Waals surface area contributed by atoms with Crippen molar-refractivity contribution in [3.63, 3.8) is 0 Å². The summed E-state index contributed by atoms with van der Waals surface area (Å²) in [5, 5.41) is 9.95. The molecule has 1 aromatic heterocycles. The van der Waals surface area contributed by atoms with E-state index >= 15 is 0 Å². The summed E-state index contributed by atoms with van der Waals surface area (Å²) < 4.78 is 5.91. The van der Waals surface area contributed by atoms with E-state index in [2.05, 4.69) is 4.98 Å². The molecule has 1 aliphatic rings. The molecule has 2 aromatic rings. The van der Waals surface area contributed by atoms with Crippen molar-refractivity contribution in [3.8, 4) is 5.75 Å². The molecule has 0 saturated carbocycles. The Labute approximate surface area is 145 Å². The van der Waals surface area contributed by atoms with E-state index in [4.69, 9.17) is 16.3 Å². The highest BCUT2D eigenvalue weighted by molar-refractivity contribution is 6.30. The lowest BCUT2D eigenvalue weighted by Crippen LogP contribution is -2.35. The second-order valence-electron chi connectivity index (χ2n) is 5.87. The van der Waals surface area contributed by atoms with Gasteiger partial charge in [-0.25, -0.2) is 0 Å². The third-order valence-electron chi connectivity index (χ3n) is 4.16. The van der Waals surface area contributed by atoms with Crippen LogP contribution in [-0.4, -0.2) is 33.5 Å². The normalized spacial score (nSPS) is 17.8. The van der Waals surface area contributed by atoms with Gasteiger partial charge in [0.2, 0.25) is 0 Å². The van der Waals surface area contributed by atoms with Crippen LogP contribution in [0.4, 0.5) is 0 Å². The zero-order valence-electron chi connectivity index (χ0n) is 13.2. The van der Waals surface area contributed by atoms with Crippen LogP contribution in [0.15, 0.2) is 42.7 Å². The predicted octanol–water partition coefficient (Wildman–Crippen LogP) is 3.36. The number of carboxylic acids is 1. The van der Waals surface area contributed by atoms with Crippen LogP contribution in [0.2, 0.25) is 5.02 Å². The summed E-state index contributed by atoms with van der Waals surface area (Å²) in [6.45, 7) is 1.69. The second kappa shape index (κ2) is 7.64. The average molecular weight is 347 g/mol. The van der Waals surface area contributed by atoms with Gasteiger partial charge in [0.05, 0.1) is 0 Å². The summed E-state index contributed by atoms with van der Waals surface area (Å²) in [5.74, 6) is -0.0494. The van der Waals surface area contributed by atoms with Crippen molar-refractivity contribution in [2.75, 3.05) is 6.54 Å². The SMILES string of the molecule is O=C(O)[C@H]1CCCN1Cc1cc(Cl)ccc1OCc1cccnc1. The number of carbonyl (C=O) groups is 1. The molecule has 1 fully saturated rings. The van der Waals surface area contributed by atoms with Crippen LogP contribution in [0.3, 0.4) is 0 Å². The third kappa shape index (κ3) is 4.04. The minimum Gasteiger partial charge on any atom is -0.489 e. The molecule has 0 unspecified atom stereocenters. The van der Waals surface area contributed by atoms with Gasteiger partial charge in [0.15, 0.2) is 0 Å². The summed E-state index contributed by atoms with van der Waals surface area (Å²) >= 11 is 6.12. The Hall–Kier alpha value is -2.11. The highest BCUT2D eigenvalue weighted by atomic mass is 35.5. The zero-order chi connectivity index (χ0) is 16.9. The Kier molecular flexibility index (Phi) is 5.33. The van der Waals surface area contributed by atoms with E-state index in [0.717, 1.165) is 29.8 Å².